The van der Waals surface area contributed by atoms with E-state index in [2.05, 4.69) is 17.9 Å². The summed E-state index contributed by atoms with van der Waals surface area (Å²) in [5.74, 6) is 0. The SMILES string of the molecule is C[C@@]12CCN(Cc3ccccc3Cl)C[C@H]1O2. The zero-order valence-corrected chi connectivity index (χ0v) is 10.2. The van der Waals surface area contributed by atoms with Crippen molar-refractivity contribution in [3.63, 3.8) is 0 Å². The van der Waals surface area contributed by atoms with Crippen molar-refractivity contribution in [2.75, 3.05) is 13.1 Å². The second-order valence-electron chi connectivity index (χ2n) is 5.00. The van der Waals surface area contributed by atoms with Crippen molar-refractivity contribution in [2.45, 2.75) is 31.6 Å². The fourth-order valence-electron chi connectivity index (χ4n) is 2.46. The molecule has 2 saturated heterocycles. The van der Waals surface area contributed by atoms with Crippen LogP contribution in [0.25, 0.3) is 0 Å². The Morgan fingerprint density at radius 3 is 3.06 bits per heavy atom. The highest BCUT2D eigenvalue weighted by molar-refractivity contribution is 6.31. The molecule has 0 N–H and O–H groups in total. The molecule has 2 atom stereocenters. The molecular weight excluding hydrogens is 222 g/mol. The van der Waals surface area contributed by atoms with E-state index in [1.807, 2.05) is 18.2 Å². The van der Waals surface area contributed by atoms with Gasteiger partial charge in [0.25, 0.3) is 0 Å². The third-order valence-corrected chi connectivity index (χ3v) is 4.10. The van der Waals surface area contributed by atoms with Gasteiger partial charge in [0.1, 0.15) is 0 Å². The smallest absolute Gasteiger partial charge is 0.0997 e. The van der Waals surface area contributed by atoms with Crippen molar-refractivity contribution in [1.82, 2.24) is 4.90 Å². The number of piperidine rings is 1. The maximum atomic E-state index is 6.16. The molecule has 0 unspecified atom stereocenters. The molecule has 0 saturated carbocycles. The monoisotopic (exact) mass is 237 g/mol. The van der Waals surface area contributed by atoms with Gasteiger partial charge in [0, 0.05) is 24.7 Å². The topological polar surface area (TPSA) is 15.8 Å². The van der Waals surface area contributed by atoms with Gasteiger partial charge in [0.05, 0.1) is 11.7 Å². The van der Waals surface area contributed by atoms with E-state index in [9.17, 15) is 0 Å². The molecule has 0 bridgehead atoms. The number of nitrogens with zero attached hydrogens (tertiary/aromatic N) is 1. The van der Waals surface area contributed by atoms with Gasteiger partial charge in [-0.3, -0.25) is 4.90 Å². The molecule has 2 nitrogen and oxygen atoms in total. The zero-order chi connectivity index (χ0) is 11.2. The normalized spacial score (nSPS) is 33.5. The summed E-state index contributed by atoms with van der Waals surface area (Å²) in [7, 11) is 0. The van der Waals surface area contributed by atoms with Crippen LogP contribution in [0.3, 0.4) is 0 Å². The van der Waals surface area contributed by atoms with E-state index >= 15 is 0 Å². The first-order chi connectivity index (χ1) is 7.67. The highest BCUT2D eigenvalue weighted by Gasteiger charge is 2.54. The van der Waals surface area contributed by atoms with Crippen LogP contribution in [0, 0.1) is 0 Å². The van der Waals surface area contributed by atoms with Crippen LogP contribution in [0.5, 0.6) is 0 Å². The summed E-state index contributed by atoms with van der Waals surface area (Å²) in [6.07, 6.45) is 1.59. The summed E-state index contributed by atoms with van der Waals surface area (Å²) in [6.45, 7) is 5.31. The first kappa shape index (κ1) is 10.6. The predicted molar refractivity (Wildman–Crippen MR) is 64.6 cm³/mol. The van der Waals surface area contributed by atoms with Crippen LogP contribution in [0.4, 0.5) is 0 Å². The molecule has 86 valence electrons. The van der Waals surface area contributed by atoms with Gasteiger partial charge in [-0.2, -0.15) is 0 Å². The summed E-state index contributed by atoms with van der Waals surface area (Å²) >= 11 is 6.16. The summed E-state index contributed by atoms with van der Waals surface area (Å²) in [6, 6.07) is 8.08. The van der Waals surface area contributed by atoms with Gasteiger partial charge in [0.2, 0.25) is 0 Å². The molecule has 1 aromatic rings. The Morgan fingerprint density at radius 1 is 1.50 bits per heavy atom. The second-order valence-corrected chi connectivity index (χ2v) is 5.40. The Labute approximate surface area is 101 Å². The average molecular weight is 238 g/mol. The molecule has 3 rings (SSSR count). The maximum Gasteiger partial charge on any atom is 0.0997 e. The molecule has 3 heteroatoms. The van der Waals surface area contributed by atoms with Crippen molar-refractivity contribution >= 4 is 11.6 Å². The van der Waals surface area contributed by atoms with Crippen molar-refractivity contribution in [3.05, 3.63) is 34.9 Å². The van der Waals surface area contributed by atoms with Gasteiger partial charge in [-0.1, -0.05) is 29.8 Å². The second kappa shape index (κ2) is 3.73. The lowest BCUT2D eigenvalue weighted by Crippen LogP contribution is -2.37. The molecule has 0 aromatic heterocycles. The highest BCUT2D eigenvalue weighted by Crippen LogP contribution is 2.43. The number of rotatable bonds is 2. The van der Waals surface area contributed by atoms with Crippen LogP contribution >= 0.6 is 11.6 Å². The lowest BCUT2D eigenvalue weighted by Gasteiger charge is -2.27. The fraction of sp³-hybridized carbons (Fsp3) is 0.538. The molecule has 2 aliphatic heterocycles. The number of halogens is 1. The van der Waals surface area contributed by atoms with Crippen LogP contribution in [0.1, 0.15) is 18.9 Å². The number of hydrogen-bond acceptors (Lipinski definition) is 2. The number of likely N-dealkylation sites (tertiary alicyclic amines) is 1. The van der Waals surface area contributed by atoms with Gasteiger partial charge >= 0.3 is 0 Å². The Bertz CT molecular complexity index is 409. The minimum absolute atomic E-state index is 0.191. The first-order valence-corrected chi connectivity index (χ1v) is 6.19. The summed E-state index contributed by atoms with van der Waals surface area (Å²) in [5.41, 5.74) is 1.41. The standard InChI is InChI=1S/C13H16ClNO/c1-13-6-7-15(9-12(13)16-13)8-10-4-2-3-5-11(10)14/h2-5,12H,6-9H2,1H3/t12-,13-/m1/s1. The van der Waals surface area contributed by atoms with Gasteiger partial charge in [-0.05, 0) is 25.0 Å². The molecule has 2 aliphatic rings. The van der Waals surface area contributed by atoms with E-state index in [1.165, 1.54) is 5.56 Å². The molecule has 1 aromatic carbocycles. The molecule has 0 aliphatic carbocycles. The summed E-state index contributed by atoms with van der Waals surface area (Å²) in [5, 5.41) is 0.868. The fourth-order valence-corrected chi connectivity index (χ4v) is 2.65. The first-order valence-electron chi connectivity index (χ1n) is 5.81. The van der Waals surface area contributed by atoms with Gasteiger partial charge in [-0.15, -0.1) is 0 Å². The Kier molecular flexibility index (Phi) is 2.46. The van der Waals surface area contributed by atoms with Crippen LogP contribution < -0.4 is 0 Å². The van der Waals surface area contributed by atoms with E-state index in [0.29, 0.717) is 6.10 Å². The van der Waals surface area contributed by atoms with Gasteiger partial charge in [-0.25, -0.2) is 0 Å². The molecule has 0 amide bonds. The minimum atomic E-state index is 0.191. The Hall–Kier alpha value is -0.570. The largest absolute Gasteiger partial charge is 0.365 e. The van der Waals surface area contributed by atoms with Crippen LogP contribution in [-0.2, 0) is 11.3 Å². The molecule has 2 heterocycles. The van der Waals surface area contributed by atoms with Crippen LogP contribution in [0.2, 0.25) is 5.02 Å². The van der Waals surface area contributed by atoms with Crippen LogP contribution in [-0.4, -0.2) is 29.7 Å². The molecule has 2 fully saturated rings. The predicted octanol–water partition coefficient (Wildman–Crippen LogP) is 2.70. The van der Waals surface area contributed by atoms with E-state index in [1.54, 1.807) is 0 Å². The van der Waals surface area contributed by atoms with E-state index in [4.69, 9.17) is 16.3 Å². The lowest BCUT2D eigenvalue weighted by atomic mass is 9.98. The number of fused-ring (bicyclic) bond motifs is 1. The summed E-state index contributed by atoms with van der Waals surface area (Å²) in [4.78, 5) is 2.43. The third-order valence-electron chi connectivity index (χ3n) is 3.74. The van der Waals surface area contributed by atoms with Crippen molar-refractivity contribution in [2.24, 2.45) is 0 Å². The molecular formula is C13H16ClNO. The number of benzene rings is 1. The Balaban J connectivity index is 1.66. The zero-order valence-electron chi connectivity index (χ0n) is 9.45. The van der Waals surface area contributed by atoms with Gasteiger partial charge in [0.15, 0.2) is 0 Å². The molecule has 0 spiro atoms. The van der Waals surface area contributed by atoms with E-state index in [0.717, 1.165) is 31.1 Å². The van der Waals surface area contributed by atoms with Gasteiger partial charge < -0.3 is 4.74 Å². The number of ether oxygens (including phenoxy) is 1. The molecule has 16 heavy (non-hydrogen) atoms. The molecule has 0 radical (unpaired) electrons. The lowest BCUT2D eigenvalue weighted by molar-refractivity contribution is 0.223. The number of hydrogen-bond donors (Lipinski definition) is 0. The van der Waals surface area contributed by atoms with E-state index < -0.39 is 0 Å². The van der Waals surface area contributed by atoms with Crippen molar-refractivity contribution in [3.8, 4) is 0 Å². The summed E-state index contributed by atoms with van der Waals surface area (Å²) < 4.78 is 5.69. The van der Waals surface area contributed by atoms with Crippen molar-refractivity contribution < 1.29 is 4.74 Å². The van der Waals surface area contributed by atoms with E-state index in [-0.39, 0.29) is 5.60 Å². The third kappa shape index (κ3) is 1.86. The quantitative estimate of drug-likeness (QED) is 0.736. The average Bonchev–Trinajstić information content (AvgIpc) is 2.93. The highest BCUT2D eigenvalue weighted by atomic mass is 35.5. The maximum absolute atomic E-state index is 6.16. The minimum Gasteiger partial charge on any atom is -0.365 e. The Morgan fingerprint density at radius 2 is 2.31 bits per heavy atom. The van der Waals surface area contributed by atoms with Crippen molar-refractivity contribution in [1.29, 1.82) is 0 Å². The van der Waals surface area contributed by atoms with Crippen LogP contribution in [0.15, 0.2) is 24.3 Å². The number of epoxide rings is 1.